The second-order valence-corrected chi connectivity index (χ2v) is 7.63. The molecule has 0 bridgehead atoms. The van der Waals surface area contributed by atoms with E-state index < -0.39 is 11.6 Å². The first-order valence-corrected chi connectivity index (χ1v) is 9.82. The van der Waals surface area contributed by atoms with Crippen molar-refractivity contribution in [1.82, 2.24) is 0 Å². The topological polar surface area (TPSA) is 77.8 Å². The second-order valence-electron chi connectivity index (χ2n) is 7.63. The molecule has 1 aliphatic carbocycles. The third-order valence-electron chi connectivity index (χ3n) is 5.19. The molecule has 0 aromatic heterocycles. The van der Waals surface area contributed by atoms with E-state index in [2.05, 4.69) is 13.0 Å². The molecule has 3 N–H and O–H groups in total. The van der Waals surface area contributed by atoms with Gasteiger partial charge < -0.3 is 15.3 Å². The summed E-state index contributed by atoms with van der Waals surface area (Å²) in [4.78, 5) is 10.5. The Balaban J connectivity index is 2.44. The highest BCUT2D eigenvalue weighted by Gasteiger charge is 2.33. The molecule has 0 aliphatic heterocycles. The molecule has 0 heterocycles. The van der Waals surface area contributed by atoms with Crippen LogP contribution in [0.1, 0.15) is 78.1 Å². The minimum absolute atomic E-state index is 0.168. The number of hydrogen-bond acceptors (Lipinski definition) is 3. The lowest BCUT2D eigenvalue weighted by Gasteiger charge is -2.22. The van der Waals surface area contributed by atoms with E-state index in [-0.39, 0.29) is 18.4 Å². The van der Waals surface area contributed by atoms with E-state index in [1.54, 1.807) is 0 Å². The van der Waals surface area contributed by atoms with Gasteiger partial charge in [0.25, 0.3) is 0 Å². The lowest BCUT2D eigenvalue weighted by atomic mass is 9.88. The van der Waals surface area contributed by atoms with Crippen molar-refractivity contribution in [3.63, 3.8) is 0 Å². The van der Waals surface area contributed by atoms with Gasteiger partial charge in [-0.15, -0.1) is 0 Å². The average Bonchev–Trinajstić information content (AvgIpc) is 2.89. The van der Waals surface area contributed by atoms with E-state index in [0.29, 0.717) is 12.3 Å². The first kappa shape index (κ1) is 21.9. The van der Waals surface area contributed by atoms with Crippen molar-refractivity contribution in [3.8, 4) is 0 Å². The number of unbranched alkanes of at least 4 members (excludes halogenated alkanes) is 2. The predicted molar refractivity (Wildman–Crippen MR) is 101 cm³/mol. The van der Waals surface area contributed by atoms with Crippen LogP contribution in [0.15, 0.2) is 24.3 Å². The Morgan fingerprint density at radius 1 is 1.20 bits per heavy atom. The normalized spacial score (nSPS) is 26.5. The molecule has 0 radical (unpaired) electrons. The molecule has 3 unspecified atom stereocenters. The van der Waals surface area contributed by atoms with Crippen LogP contribution in [0.2, 0.25) is 0 Å². The van der Waals surface area contributed by atoms with Crippen LogP contribution in [0.4, 0.5) is 0 Å². The van der Waals surface area contributed by atoms with Gasteiger partial charge in [-0.2, -0.15) is 0 Å². The Kier molecular flexibility index (Phi) is 10.1. The van der Waals surface area contributed by atoms with Crippen molar-refractivity contribution in [2.45, 2.75) is 89.8 Å². The molecule has 4 nitrogen and oxygen atoms in total. The van der Waals surface area contributed by atoms with Crippen molar-refractivity contribution < 1.29 is 20.1 Å². The minimum Gasteiger partial charge on any atom is -0.481 e. The quantitative estimate of drug-likeness (QED) is 0.358. The number of aliphatic hydroxyl groups excluding tert-OH is 1. The zero-order valence-corrected chi connectivity index (χ0v) is 15.9. The van der Waals surface area contributed by atoms with Crippen LogP contribution in [0, 0.1) is 11.8 Å². The molecule has 1 rings (SSSR count). The highest BCUT2D eigenvalue weighted by molar-refractivity contribution is 5.66. The van der Waals surface area contributed by atoms with Crippen LogP contribution in [0.5, 0.6) is 0 Å². The summed E-state index contributed by atoms with van der Waals surface area (Å²) < 4.78 is 0. The number of carbonyl (C=O) groups is 1. The van der Waals surface area contributed by atoms with Gasteiger partial charge in [0.1, 0.15) is 0 Å². The fourth-order valence-corrected chi connectivity index (χ4v) is 3.60. The van der Waals surface area contributed by atoms with Crippen molar-refractivity contribution >= 4 is 5.97 Å². The maximum absolute atomic E-state index is 10.5. The third-order valence-corrected chi connectivity index (χ3v) is 5.19. The zero-order chi connectivity index (χ0) is 18.7. The summed E-state index contributed by atoms with van der Waals surface area (Å²) in [7, 11) is 0. The first-order chi connectivity index (χ1) is 11.9. The molecule has 1 aliphatic rings. The Bertz CT molecular complexity index is 439. The van der Waals surface area contributed by atoms with Gasteiger partial charge in [-0.25, -0.2) is 0 Å². The fourth-order valence-electron chi connectivity index (χ4n) is 3.60. The summed E-state index contributed by atoms with van der Waals surface area (Å²) >= 11 is 0. The van der Waals surface area contributed by atoms with Gasteiger partial charge in [-0.3, -0.25) is 4.79 Å². The van der Waals surface area contributed by atoms with Crippen LogP contribution in [0.25, 0.3) is 0 Å². The molecule has 1 saturated carbocycles. The summed E-state index contributed by atoms with van der Waals surface area (Å²) in [6.07, 6.45) is 16.1. The molecule has 0 aromatic rings. The average molecular weight is 353 g/mol. The van der Waals surface area contributed by atoms with Crippen LogP contribution >= 0.6 is 0 Å². The van der Waals surface area contributed by atoms with Gasteiger partial charge in [-0.05, 0) is 57.3 Å². The Morgan fingerprint density at radius 3 is 2.60 bits per heavy atom. The molecule has 144 valence electrons. The Labute approximate surface area is 152 Å². The molecule has 0 amide bonds. The van der Waals surface area contributed by atoms with Crippen molar-refractivity contribution in [2.75, 3.05) is 0 Å². The number of carboxylic acids is 1. The largest absolute Gasteiger partial charge is 0.481 e. The van der Waals surface area contributed by atoms with Crippen LogP contribution in [0.3, 0.4) is 0 Å². The van der Waals surface area contributed by atoms with Gasteiger partial charge in [0.15, 0.2) is 0 Å². The summed E-state index contributed by atoms with van der Waals surface area (Å²) in [5, 5.41) is 29.3. The second kappa shape index (κ2) is 11.5. The smallest absolute Gasteiger partial charge is 0.303 e. The van der Waals surface area contributed by atoms with Crippen LogP contribution in [-0.2, 0) is 4.79 Å². The maximum atomic E-state index is 10.5. The van der Waals surface area contributed by atoms with Crippen LogP contribution in [-0.4, -0.2) is 33.0 Å². The maximum Gasteiger partial charge on any atom is 0.303 e. The molecule has 25 heavy (non-hydrogen) atoms. The minimum atomic E-state index is -0.771. The number of allylic oxidation sites excluding steroid dienone is 3. The molecular weight excluding hydrogens is 316 g/mol. The summed E-state index contributed by atoms with van der Waals surface area (Å²) in [5.74, 6) is -0.223. The van der Waals surface area contributed by atoms with E-state index in [1.165, 1.54) is 0 Å². The van der Waals surface area contributed by atoms with Gasteiger partial charge in [0.05, 0.1) is 11.7 Å². The van der Waals surface area contributed by atoms with Crippen molar-refractivity contribution in [1.29, 1.82) is 0 Å². The van der Waals surface area contributed by atoms with E-state index in [0.717, 1.165) is 51.4 Å². The number of rotatable bonds is 12. The van der Waals surface area contributed by atoms with Crippen LogP contribution < -0.4 is 0 Å². The van der Waals surface area contributed by atoms with E-state index in [9.17, 15) is 15.0 Å². The highest BCUT2D eigenvalue weighted by Crippen LogP contribution is 2.37. The van der Waals surface area contributed by atoms with E-state index >= 15 is 0 Å². The number of aliphatic carboxylic acids is 1. The molecule has 4 atom stereocenters. The number of hydrogen-bond donors (Lipinski definition) is 3. The first-order valence-electron chi connectivity index (χ1n) is 9.82. The molecule has 0 saturated heterocycles. The summed E-state index contributed by atoms with van der Waals surface area (Å²) in [6, 6.07) is 0. The molecule has 0 aromatic carbocycles. The number of aliphatic hydroxyl groups is 2. The van der Waals surface area contributed by atoms with E-state index in [4.69, 9.17) is 5.11 Å². The zero-order valence-electron chi connectivity index (χ0n) is 15.9. The lowest BCUT2D eigenvalue weighted by molar-refractivity contribution is -0.136. The Hall–Kier alpha value is -1.13. The fraction of sp³-hybridized carbons (Fsp3) is 0.762. The summed E-state index contributed by atoms with van der Waals surface area (Å²) in [5.41, 5.74) is -0.760. The third kappa shape index (κ3) is 9.22. The van der Waals surface area contributed by atoms with Crippen molar-refractivity contribution in [2.24, 2.45) is 11.8 Å². The summed E-state index contributed by atoms with van der Waals surface area (Å²) in [6.45, 7) is 4.02. The Morgan fingerprint density at radius 2 is 1.92 bits per heavy atom. The molecule has 0 spiro atoms. The molecule has 1 fully saturated rings. The highest BCUT2D eigenvalue weighted by atomic mass is 16.4. The predicted octanol–water partition coefficient (Wildman–Crippen LogP) is 4.46. The SMILES string of the molecule is CCCCCC(C)(O)/C=C/C1CC[C@@H](O)C1CC/C=C\CCC(=O)O. The van der Waals surface area contributed by atoms with Gasteiger partial charge in [0.2, 0.25) is 0 Å². The van der Waals surface area contributed by atoms with Gasteiger partial charge in [0, 0.05) is 6.42 Å². The lowest BCUT2D eigenvalue weighted by Crippen LogP contribution is -2.22. The molecular formula is C21H36O4. The van der Waals surface area contributed by atoms with Gasteiger partial charge >= 0.3 is 5.97 Å². The standard InChI is InChI=1S/C21H36O4/c1-3-4-9-15-21(2,25)16-14-17-12-13-19(22)18(17)10-7-5-6-8-11-20(23)24/h5-6,14,16-19,22,25H,3-4,7-13,15H2,1-2H3,(H,23,24)/b6-5-,16-14+/t17?,18?,19-,21?/m1/s1. The van der Waals surface area contributed by atoms with Gasteiger partial charge in [-0.1, -0.05) is 50.5 Å². The number of carboxylic acid groups (broad SMARTS) is 1. The van der Waals surface area contributed by atoms with Crippen molar-refractivity contribution in [3.05, 3.63) is 24.3 Å². The molecule has 4 heteroatoms. The monoisotopic (exact) mass is 352 g/mol. The van der Waals surface area contributed by atoms with E-state index in [1.807, 2.05) is 25.2 Å².